The fourth-order valence-corrected chi connectivity index (χ4v) is 2.28. The highest BCUT2D eigenvalue weighted by Gasteiger charge is 2.53. The topological polar surface area (TPSA) is 49.3 Å². The summed E-state index contributed by atoms with van der Waals surface area (Å²) in [6.45, 7) is 0.878. The number of aliphatic carboxylic acids is 1. The van der Waals surface area contributed by atoms with Crippen LogP contribution in [0.25, 0.3) is 0 Å². The van der Waals surface area contributed by atoms with Gasteiger partial charge >= 0.3 is 5.97 Å². The average molecular weight is 155 g/mol. The standard InChI is InChI=1S/C8H13NO2/c10-7(11)8-4-3-6(8)2-1-5-9-8/h6,9H,1-5H2,(H,10,11)/t6-,8+/m1/s1. The van der Waals surface area contributed by atoms with Crippen LogP contribution in [0.3, 0.4) is 0 Å². The molecule has 0 amide bonds. The van der Waals surface area contributed by atoms with Crippen LogP contribution >= 0.6 is 0 Å². The minimum absolute atomic E-state index is 0.411. The highest BCUT2D eigenvalue weighted by molar-refractivity contribution is 5.80. The molecular formula is C8H13NO2. The Morgan fingerprint density at radius 1 is 1.55 bits per heavy atom. The lowest BCUT2D eigenvalue weighted by molar-refractivity contribution is -0.155. The van der Waals surface area contributed by atoms with Gasteiger partial charge in [-0.2, -0.15) is 0 Å². The van der Waals surface area contributed by atoms with Crippen LogP contribution in [0, 0.1) is 5.92 Å². The number of carbonyl (C=O) groups is 1. The van der Waals surface area contributed by atoms with Gasteiger partial charge in [0.15, 0.2) is 0 Å². The van der Waals surface area contributed by atoms with E-state index in [1.54, 1.807) is 0 Å². The van der Waals surface area contributed by atoms with E-state index in [0.717, 1.165) is 32.2 Å². The predicted molar refractivity (Wildman–Crippen MR) is 40.3 cm³/mol. The second-order valence-electron chi connectivity index (χ2n) is 3.58. The van der Waals surface area contributed by atoms with Crippen molar-refractivity contribution < 1.29 is 9.90 Å². The highest BCUT2D eigenvalue weighted by Crippen LogP contribution is 2.43. The second kappa shape index (κ2) is 2.21. The van der Waals surface area contributed by atoms with Crippen LogP contribution in [0.4, 0.5) is 0 Å². The minimum Gasteiger partial charge on any atom is -0.480 e. The van der Waals surface area contributed by atoms with Gasteiger partial charge in [0, 0.05) is 0 Å². The van der Waals surface area contributed by atoms with E-state index in [2.05, 4.69) is 5.32 Å². The zero-order chi connectivity index (χ0) is 7.90. The van der Waals surface area contributed by atoms with Crippen molar-refractivity contribution in [2.75, 3.05) is 6.54 Å². The number of carboxylic acid groups (broad SMARTS) is 1. The molecule has 0 spiro atoms. The van der Waals surface area contributed by atoms with Gasteiger partial charge in [-0.3, -0.25) is 4.79 Å². The minimum atomic E-state index is -0.645. The van der Waals surface area contributed by atoms with Gasteiger partial charge in [0.25, 0.3) is 0 Å². The van der Waals surface area contributed by atoms with Crippen LogP contribution in [0.15, 0.2) is 0 Å². The quantitative estimate of drug-likeness (QED) is 0.583. The average Bonchev–Trinajstić information content (AvgIpc) is 1.91. The third-order valence-electron chi connectivity index (χ3n) is 3.14. The number of hydrogen-bond donors (Lipinski definition) is 2. The third-order valence-corrected chi connectivity index (χ3v) is 3.14. The number of piperidine rings is 1. The van der Waals surface area contributed by atoms with E-state index < -0.39 is 11.5 Å². The summed E-state index contributed by atoms with van der Waals surface area (Å²) in [6, 6.07) is 0. The Labute approximate surface area is 65.8 Å². The number of nitrogens with one attached hydrogen (secondary N) is 1. The molecule has 2 atom stereocenters. The zero-order valence-electron chi connectivity index (χ0n) is 6.47. The molecule has 3 heteroatoms. The van der Waals surface area contributed by atoms with Crippen molar-refractivity contribution in [2.24, 2.45) is 5.92 Å². The molecule has 0 aromatic rings. The Morgan fingerprint density at radius 3 is 2.73 bits per heavy atom. The molecule has 1 saturated carbocycles. The molecule has 1 aliphatic carbocycles. The van der Waals surface area contributed by atoms with Crippen molar-refractivity contribution in [2.45, 2.75) is 31.2 Å². The summed E-state index contributed by atoms with van der Waals surface area (Å²) in [6.07, 6.45) is 4.16. The van der Waals surface area contributed by atoms with Crippen LogP contribution in [-0.4, -0.2) is 23.2 Å². The number of carboxylic acids is 1. The van der Waals surface area contributed by atoms with Crippen molar-refractivity contribution >= 4 is 5.97 Å². The molecule has 2 rings (SSSR count). The number of hydrogen-bond acceptors (Lipinski definition) is 2. The Hall–Kier alpha value is -0.570. The van der Waals surface area contributed by atoms with Gasteiger partial charge in [0.2, 0.25) is 0 Å². The number of fused-ring (bicyclic) bond motifs is 1. The summed E-state index contributed by atoms with van der Waals surface area (Å²) in [5, 5.41) is 12.1. The summed E-state index contributed by atoms with van der Waals surface area (Å²) in [5.74, 6) is -0.234. The summed E-state index contributed by atoms with van der Waals surface area (Å²) in [7, 11) is 0. The van der Waals surface area contributed by atoms with Gasteiger partial charge in [-0.05, 0) is 38.1 Å². The molecular weight excluding hydrogens is 142 g/mol. The Morgan fingerprint density at radius 2 is 2.36 bits per heavy atom. The van der Waals surface area contributed by atoms with E-state index in [9.17, 15) is 4.79 Å². The molecule has 1 saturated heterocycles. The normalized spacial score (nSPS) is 42.4. The molecule has 0 aromatic heterocycles. The molecule has 0 unspecified atom stereocenters. The lowest BCUT2D eigenvalue weighted by Crippen LogP contribution is -2.65. The van der Waals surface area contributed by atoms with E-state index >= 15 is 0 Å². The van der Waals surface area contributed by atoms with Crippen LogP contribution < -0.4 is 5.32 Å². The van der Waals surface area contributed by atoms with Crippen molar-refractivity contribution in [3.63, 3.8) is 0 Å². The SMILES string of the molecule is O=C(O)[C@]12CC[C@H]1CCCN2. The smallest absolute Gasteiger partial charge is 0.324 e. The predicted octanol–water partition coefficient (Wildman–Crippen LogP) is 0.603. The molecule has 3 nitrogen and oxygen atoms in total. The maximum absolute atomic E-state index is 10.9. The van der Waals surface area contributed by atoms with Gasteiger partial charge < -0.3 is 10.4 Å². The summed E-state index contributed by atoms with van der Waals surface area (Å²) in [5.41, 5.74) is -0.516. The summed E-state index contributed by atoms with van der Waals surface area (Å²) >= 11 is 0. The molecule has 1 heterocycles. The van der Waals surface area contributed by atoms with Crippen molar-refractivity contribution in [1.29, 1.82) is 0 Å². The lowest BCUT2D eigenvalue weighted by Gasteiger charge is -2.49. The molecule has 1 aliphatic heterocycles. The molecule has 2 aliphatic rings. The van der Waals surface area contributed by atoms with E-state index in [1.807, 2.05) is 0 Å². The highest BCUT2D eigenvalue weighted by atomic mass is 16.4. The van der Waals surface area contributed by atoms with E-state index in [-0.39, 0.29) is 0 Å². The van der Waals surface area contributed by atoms with Crippen LogP contribution in [0.1, 0.15) is 25.7 Å². The van der Waals surface area contributed by atoms with Gasteiger partial charge in [-0.25, -0.2) is 0 Å². The van der Waals surface area contributed by atoms with E-state index in [4.69, 9.17) is 5.11 Å². The van der Waals surface area contributed by atoms with Crippen molar-refractivity contribution in [3.05, 3.63) is 0 Å². The first-order valence-corrected chi connectivity index (χ1v) is 4.24. The molecule has 0 aromatic carbocycles. The fourth-order valence-electron chi connectivity index (χ4n) is 2.28. The van der Waals surface area contributed by atoms with Crippen LogP contribution in [-0.2, 0) is 4.79 Å². The Bertz CT molecular complexity index is 193. The van der Waals surface area contributed by atoms with Gasteiger partial charge in [0.05, 0.1) is 0 Å². The van der Waals surface area contributed by atoms with E-state index in [0.29, 0.717) is 5.92 Å². The zero-order valence-corrected chi connectivity index (χ0v) is 6.47. The Kier molecular flexibility index (Phi) is 1.42. The second-order valence-corrected chi connectivity index (χ2v) is 3.58. The van der Waals surface area contributed by atoms with E-state index in [1.165, 1.54) is 0 Å². The summed E-state index contributed by atoms with van der Waals surface area (Å²) in [4.78, 5) is 10.9. The molecule has 2 N–H and O–H groups in total. The van der Waals surface area contributed by atoms with Gasteiger partial charge in [0.1, 0.15) is 5.54 Å². The monoisotopic (exact) mass is 155 g/mol. The fraction of sp³-hybridized carbons (Fsp3) is 0.875. The van der Waals surface area contributed by atoms with Crippen molar-refractivity contribution in [3.8, 4) is 0 Å². The molecule has 0 bridgehead atoms. The molecule has 11 heavy (non-hydrogen) atoms. The first-order valence-electron chi connectivity index (χ1n) is 4.24. The summed E-state index contributed by atoms with van der Waals surface area (Å²) < 4.78 is 0. The molecule has 62 valence electrons. The van der Waals surface area contributed by atoms with Crippen LogP contribution in [0.5, 0.6) is 0 Å². The first kappa shape index (κ1) is 7.10. The van der Waals surface area contributed by atoms with Crippen molar-refractivity contribution in [1.82, 2.24) is 5.32 Å². The van der Waals surface area contributed by atoms with Gasteiger partial charge in [-0.15, -0.1) is 0 Å². The molecule has 0 radical (unpaired) electrons. The third kappa shape index (κ3) is 0.805. The Balaban J connectivity index is 2.15. The largest absolute Gasteiger partial charge is 0.480 e. The molecule has 2 fully saturated rings. The first-order chi connectivity index (χ1) is 5.26. The lowest BCUT2D eigenvalue weighted by atomic mass is 9.63. The number of rotatable bonds is 1. The maximum Gasteiger partial charge on any atom is 0.324 e. The van der Waals surface area contributed by atoms with Gasteiger partial charge in [-0.1, -0.05) is 0 Å². The maximum atomic E-state index is 10.9. The van der Waals surface area contributed by atoms with Crippen LogP contribution in [0.2, 0.25) is 0 Å².